The zero-order valence-corrected chi connectivity index (χ0v) is 13.4. The molecule has 1 aromatic carbocycles. The Hall–Kier alpha value is -0.640. The molecule has 1 saturated heterocycles. The third-order valence-corrected chi connectivity index (χ3v) is 5.10. The molecule has 1 saturated carbocycles. The van der Waals surface area contributed by atoms with Crippen LogP contribution >= 0.6 is 11.6 Å². The molecule has 21 heavy (non-hydrogen) atoms. The highest BCUT2D eigenvalue weighted by atomic mass is 35.5. The van der Waals surface area contributed by atoms with E-state index in [1.54, 1.807) is 6.07 Å². The van der Waals surface area contributed by atoms with E-state index in [9.17, 15) is 4.39 Å². The van der Waals surface area contributed by atoms with Gasteiger partial charge in [-0.05, 0) is 51.3 Å². The summed E-state index contributed by atoms with van der Waals surface area (Å²) in [5.74, 6) is 0.209. The first-order valence-corrected chi connectivity index (χ1v) is 8.42. The summed E-state index contributed by atoms with van der Waals surface area (Å²) in [6.07, 6.45) is 6.15. The number of hydrogen-bond acceptors (Lipinski definition) is 2. The Kier molecular flexibility index (Phi) is 4.82. The van der Waals surface area contributed by atoms with Gasteiger partial charge in [0.2, 0.25) is 0 Å². The van der Waals surface area contributed by atoms with Gasteiger partial charge in [-0.15, -0.1) is 0 Å². The highest BCUT2D eigenvalue weighted by molar-refractivity contribution is 6.30. The first-order valence-electron chi connectivity index (χ1n) is 8.04. The Morgan fingerprint density at radius 1 is 1.29 bits per heavy atom. The molecule has 1 aromatic rings. The molecule has 1 N–H and O–H groups in total. The molecule has 0 aromatic heterocycles. The Balaban J connectivity index is 1.85. The van der Waals surface area contributed by atoms with Gasteiger partial charge in [0.15, 0.2) is 0 Å². The minimum atomic E-state index is -0.241. The van der Waals surface area contributed by atoms with Crippen molar-refractivity contribution in [2.45, 2.75) is 44.2 Å². The summed E-state index contributed by atoms with van der Waals surface area (Å²) in [5.41, 5.74) is 0.759. The molecule has 1 aliphatic heterocycles. The number of halogens is 2. The van der Waals surface area contributed by atoms with Crippen molar-refractivity contribution in [3.8, 4) is 0 Å². The predicted molar refractivity (Wildman–Crippen MR) is 85.1 cm³/mol. The standard InChI is InChI=1S/C17H24ClFN2/c1-21-10-3-2-5-12(11-20-13-8-9-13)17(21)14-6-4-7-15(18)16(14)19/h4,6-7,12-13,17,20H,2-3,5,8-11H2,1H3. The Labute approximate surface area is 131 Å². The zero-order valence-electron chi connectivity index (χ0n) is 12.6. The van der Waals surface area contributed by atoms with Gasteiger partial charge in [0, 0.05) is 24.2 Å². The van der Waals surface area contributed by atoms with Gasteiger partial charge in [0.25, 0.3) is 0 Å². The quantitative estimate of drug-likeness (QED) is 0.904. The van der Waals surface area contributed by atoms with Crippen LogP contribution < -0.4 is 5.32 Å². The second kappa shape index (κ2) is 6.64. The lowest BCUT2D eigenvalue weighted by Crippen LogP contribution is -2.36. The first-order chi connectivity index (χ1) is 10.2. The van der Waals surface area contributed by atoms with Crippen molar-refractivity contribution in [3.63, 3.8) is 0 Å². The lowest BCUT2D eigenvalue weighted by Gasteiger charge is -2.33. The van der Waals surface area contributed by atoms with E-state index in [1.165, 1.54) is 25.7 Å². The lowest BCUT2D eigenvalue weighted by atomic mass is 9.89. The predicted octanol–water partition coefficient (Wildman–Crippen LogP) is 4.00. The summed E-state index contributed by atoms with van der Waals surface area (Å²) in [6, 6.07) is 6.22. The summed E-state index contributed by atoms with van der Waals surface area (Å²) in [7, 11) is 2.11. The van der Waals surface area contributed by atoms with E-state index >= 15 is 0 Å². The van der Waals surface area contributed by atoms with Crippen molar-refractivity contribution < 1.29 is 4.39 Å². The molecule has 0 spiro atoms. The highest BCUT2D eigenvalue weighted by Crippen LogP contribution is 2.37. The zero-order chi connectivity index (χ0) is 14.8. The van der Waals surface area contributed by atoms with E-state index in [4.69, 9.17) is 11.6 Å². The van der Waals surface area contributed by atoms with Crippen molar-refractivity contribution in [3.05, 3.63) is 34.6 Å². The van der Waals surface area contributed by atoms with Crippen LogP contribution in [-0.4, -0.2) is 31.1 Å². The van der Waals surface area contributed by atoms with Gasteiger partial charge in [0.1, 0.15) is 5.82 Å². The summed E-state index contributed by atoms with van der Waals surface area (Å²) >= 11 is 6.00. The van der Waals surface area contributed by atoms with Crippen LogP contribution in [0.25, 0.3) is 0 Å². The number of rotatable bonds is 4. The molecular formula is C17H24ClFN2. The molecule has 4 heteroatoms. The Morgan fingerprint density at radius 2 is 2.10 bits per heavy atom. The molecular weight excluding hydrogens is 287 g/mol. The monoisotopic (exact) mass is 310 g/mol. The molecule has 0 radical (unpaired) electrons. The third kappa shape index (κ3) is 3.58. The molecule has 0 amide bonds. The van der Waals surface area contributed by atoms with Gasteiger partial charge >= 0.3 is 0 Å². The van der Waals surface area contributed by atoms with Gasteiger partial charge in [-0.2, -0.15) is 0 Å². The molecule has 2 fully saturated rings. The van der Waals surface area contributed by atoms with Crippen LogP contribution in [0.1, 0.15) is 43.7 Å². The van der Waals surface area contributed by atoms with Crippen molar-refractivity contribution >= 4 is 11.6 Å². The maximum Gasteiger partial charge on any atom is 0.146 e. The Bertz CT molecular complexity index is 490. The van der Waals surface area contributed by atoms with Gasteiger partial charge in [-0.1, -0.05) is 30.2 Å². The fourth-order valence-electron chi connectivity index (χ4n) is 3.48. The number of likely N-dealkylation sites (tertiary alicyclic amines) is 1. The van der Waals surface area contributed by atoms with Crippen molar-refractivity contribution in [2.75, 3.05) is 20.1 Å². The fourth-order valence-corrected chi connectivity index (χ4v) is 3.67. The molecule has 1 aliphatic carbocycles. The largest absolute Gasteiger partial charge is 0.314 e. The van der Waals surface area contributed by atoms with Gasteiger partial charge in [0.05, 0.1) is 5.02 Å². The molecule has 1 heterocycles. The van der Waals surface area contributed by atoms with E-state index in [0.29, 0.717) is 12.0 Å². The molecule has 116 valence electrons. The summed E-state index contributed by atoms with van der Waals surface area (Å²) in [5, 5.41) is 3.86. The molecule has 3 rings (SSSR count). The molecule has 2 aliphatic rings. The fraction of sp³-hybridized carbons (Fsp3) is 0.647. The molecule has 2 atom stereocenters. The maximum absolute atomic E-state index is 14.5. The van der Waals surface area contributed by atoms with Gasteiger partial charge in [-0.3, -0.25) is 4.90 Å². The van der Waals surface area contributed by atoms with E-state index < -0.39 is 0 Å². The van der Waals surface area contributed by atoms with E-state index in [1.807, 2.05) is 12.1 Å². The molecule has 0 bridgehead atoms. The van der Waals surface area contributed by atoms with E-state index in [0.717, 1.165) is 25.1 Å². The summed E-state index contributed by atoms with van der Waals surface area (Å²) in [6.45, 7) is 2.00. The SMILES string of the molecule is CN1CCCCC(CNC2CC2)C1c1cccc(Cl)c1F. The van der Waals surface area contributed by atoms with E-state index in [-0.39, 0.29) is 16.9 Å². The number of benzene rings is 1. The van der Waals surface area contributed by atoms with Crippen LogP contribution in [0.3, 0.4) is 0 Å². The minimum Gasteiger partial charge on any atom is -0.314 e. The van der Waals surface area contributed by atoms with Crippen LogP contribution in [-0.2, 0) is 0 Å². The summed E-state index contributed by atoms with van der Waals surface area (Å²) < 4.78 is 14.5. The maximum atomic E-state index is 14.5. The molecule has 2 unspecified atom stereocenters. The van der Waals surface area contributed by atoms with Crippen molar-refractivity contribution in [1.82, 2.24) is 10.2 Å². The molecule has 2 nitrogen and oxygen atoms in total. The average Bonchev–Trinajstić information content (AvgIpc) is 3.28. The Morgan fingerprint density at radius 3 is 2.86 bits per heavy atom. The van der Waals surface area contributed by atoms with Crippen LogP contribution in [0, 0.1) is 11.7 Å². The van der Waals surface area contributed by atoms with Crippen molar-refractivity contribution in [2.24, 2.45) is 5.92 Å². The third-order valence-electron chi connectivity index (χ3n) is 4.80. The number of nitrogens with one attached hydrogen (secondary N) is 1. The van der Waals surface area contributed by atoms with Gasteiger partial charge < -0.3 is 5.32 Å². The summed E-state index contributed by atoms with van der Waals surface area (Å²) in [4.78, 5) is 2.31. The van der Waals surface area contributed by atoms with Crippen LogP contribution in [0.15, 0.2) is 18.2 Å². The second-order valence-electron chi connectivity index (χ2n) is 6.51. The number of hydrogen-bond donors (Lipinski definition) is 1. The second-order valence-corrected chi connectivity index (χ2v) is 6.91. The van der Waals surface area contributed by atoms with Crippen LogP contribution in [0.2, 0.25) is 5.02 Å². The van der Waals surface area contributed by atoms with Crippen molar-refractivity contribution in [1.29, 1.82) is 0 Å². The van der Waals surface area contributed by atoms with E-state index in [2.05, 4.69) is 17.3 Å². The number of nitrogens with zero attached hydrogens (tertiary/aromatic N) is 1. The minimum absolute atomic E-state index is 0.123. The van der Waals surface area contributed by atoms with Crippen LogP contribution in [0.4, 0.5) is 4.39 Å². The van der Waals surface area contributed by atoms with Gasteiger partial charge in [-0.25, -0.2) is 4.39 Å². The van der Waals surface area contributed by atoms with Crippen LogP contribution in [0.5, 0.6) is 0 Å². The highest BCUT2D eigenvalue weighted by Gasteiger charge is 2.32. The normalized spacial score (nSPS) is 27.6. The smallest absolute Gasteiger partial charge is 0.146 e. The topological polar surface area (TPSA) is 15.3 Å². The lowest BCUT2D eigenvalue weighted by molar-refractivity contribution is 0.184. The first kappa shape index (κ1) is 15.3. The average molecular weight is 311 g/mol.